The first-order valence-corrected chi connectivity index (χ1v) is 19.5. The van der Waals surface area contributed by atoms with Crippen LogP contribution in [-0.2, 0) is 18.4 Å². The van der Waals surface area contributed by atoms with E-state index in [2.05, 4.69) is 19.2 Å². The molecule has 0 saturated heterocycles. The van der Waals surface area contributed by atoms with Gasteiger partial charge in [-0.3, -0.25) is 9.36 Å². The van der Waals surface area contributed by atoms with E-state index in [-0.39, 0.29) is 19.1 Å². The van der Waals surface area contributed by atoms with Crippen LogP contribution in [0.1, 0.15) is 155 Å². The first-order chi connectivity index (χ1) is 21.0. The zero-order valence-electron chi connectivity index (χ0n) is 29.4. The van der Waals surface area contributed by atoms with Gasteiger partial charge in [-0.05, 0) is 19.3 Å². The fourth-order valence-corrected chi connectivity index (χ4v) is 5.76. The highest BCUT2D eigenvalue weighted by molar-refractivity contribution is 7.45. The van der Waals surface area contributed by atoms with Crippen LogP contribution in [0.15, 0.2) is 12.2 Å². The quantitative estimate of drug-likeness (QED) is 0.0330. The maximum absolute atomic E-state index is 12.4. The van der Waals surface area contributed by atoms with Gasteiger partial charge in [-0.1, -0.05) is 142 Å². The molecule has 8 nitrogen and oxygen atoms in total. The highest BCUT2D eigenvalue weighted by Gasteiger charge is 2.23. The Bertz CT molecular complexity index is 743. The van der Waals surface area contributed by atoms with Crippen LogP contribution < -0.4 is 10.2 Å². The number of nitrogens with zero attached hydrogens (tertiary/aromatic N) is 1. The molecule has 0 aliphatic heterocycles. The summed E-state index contributed by atoms with van der Waals surface area (Å²) in [6.45, 7) is 4.45. The van der Waals surface area contributed by atoms with Crippen molar-refractivity contribution in [3.8, 4) is 0 Å². The minimum absolute atomic E-state index is 0.000134. The van der Waals surface area contributed by atoms with Crippen molar-refractivity contribution in [1.82, 2.24) is 5.32 Å². The lowest BCUT2D eigenvalue weighted by Crippen LogP contribution is -2.45. The molecule has 0 aromatic carbocycles. The van der Waals surface area contributed by atoms with E-state index in [1.54, 1.807) is 6.08 Å². The minimum Gasteiger partial charge on any atom is -0.756 e. The van der Waals surface area contributed by atoms with Gasteiger partial charge in [-0.2, -0.15) is 0 Å². The molecule has 0 spiro atoms. The lowest BCUT2D eigenvalue weighted by Gasteiger charge is -2.29. The molecule has 0 rings (SSSR count). The smallest absolute Gasteiger partial charge is 0.268 e. The molecule has 2 N–H and O–H groups in total. The average Bonchev–Trinajstić information content (AvgIpc) is 2.95. The molecule has 44 heavy (non-hydrogen) atoms. The topological polar surface area (TPSA) is 108 Å². The number of hydrogen-bond donors (Lipinski definition) is 2. The largest absolute Gasteiger partial charge is 0.756 e. The van der Waals surface area contributed by atoms with Gasteiger partial charge in [0, 0.05) is 6.42 Å². The third-order valence-corrected chi connectivity index (χ3v) is 8.96. The monoisotopic (exact) mass is 647 g/mol. The molecule has 0 aliphatic rings. The van der Waals surface area contributed by atoms with Crippen molar-refractivity contribution < 1.29 is 32.9 Å². The molecular weight excluding hydrogens is 575 g/mol. The van der Waals surface area contributed by atoms with Gasteiger partial charge in [-0.15, -0.1) is 0 Å². The number of quaternary nitrogens is 1. The third kappa shape index (κ3) is 29.9. The lowest BCUT2D eigenvalue weighted by atomic mass is 10.0. The third-order valence-electron chi connectivity index (χ3n) is 8.00. The average molecular weight is 647 g/mol. The number of allylic oxidation sites excluding steroid dienone is 1. The van der Waals surface area contributed by atoms with E-state index in [9.17, 15) is 19.4 Å². The summed E-state index contributed by atoms with van der Waals surface area (Å²) in [5.41, 5.74) is 0. The molecule has 3 atom stereocenters. The predicted molar refractivity (Wildman–Crippen MR) is 182 cm³/mol. The zero-order valence-corrected chi connectivity index (χ0v) is 30.3. The Morgan fingerprint density at radius 1 is 0.773 bits per heavy atom. The Kier molecular flexibility index (Phi) is 28.0. The van der Waals surface area contributed by atoms with E-state index in [0.717, 1.165) is 38.5 Å². The molecule has 0 saturated carbocycles. The van der Waals surface area contributed by atoms with Gasteiger partial charge < -0.3 is 28.8 Å². The zero-order chi connectivity index (χ0) is 32.9. The van der Waals surface area contributed by atoms with Gasteiger partial charge in [0.05, 0.1) is 39.9 Å². The van der Waals surface area contributed by atoms with Crippen molar-refractivity contribution in [2.75, 3.05) is 40.9 Å². The van der Waals surface area contributed by atoms with Gasteiger partial charge in [0.2, 0.25) is 5.91 Å². The molecule has 262 valence electrons. The summed E-state index contributed by atoms with van der Waals surface area (Å²) in [5.74, 6) is -0.223. The van der Waals surface area contributed by atoms with Crippen molar-refractivity contribution in [1.29, 1.82) is 0 Å². The van der Waals surface area contributed by atoms with Crippen LogP contribution in [0.25, 0.3) is 0 Å². The van der Waals surface area contributed by atoms with Crippen molar-refractivity contribution >= 4 is 13.7 Å². The van der Waals surface area contributed by atoms with Gasteiger partial charge >= 0.3 is 0 Å². The van der Waals surface area contributed by atoms with Crippen LogP contribution >= 0.6 is 7.82 Å². The SMILES string of the molecule is CCCCCCCCCCCCCCCCCCC/C=C/C(O)C(COP(=O)([O-])OCC[N+](C)(C)C)NC(=O)CCCCC. The molecule has 3 unspecified atom stereocenters. The molecular formula is C35H71N2O6P. The molecule has 1 amide bonds. The molecule has 0 aromatic heterocycles. The summed E-state index contributed by atoms with van der Waals surface area (Å²) >= 11 is 0. The number of amides is 1. The van der Waals surface area contributed by atoms with E-state index < -0.39 is 20.0 Å². The van der Waals surface area contributed by atoms with Crippen LogP contribution in [0.3, 0.4) is 0 Å². The fraction of sp³-hybridized carbons (Fsp3) is 0.914. The first-order valence-electron chi connectivity index (χ1n) is 18.1. The van der Waals surface area contributed by atoms with Crippen LogP contribution in [0.4, 0.5) is 0 Å². The Morgan fingerprint density at radius 2 is 1.23 bits per heavy atom. The number of unbranched alkanes of at least 4 members (excludes halogenated alkanes) is 19. The van der Waals surface area contributed by atoms with Crippen molar-refractivity contribution in [2.45, 2.75) is 167 Å². The summed E-state index contributed by atoms with van der Waals surface area (Å²) < 4.78 is 22.8. The van der Waals surface area contributed by atoms with E-state index in [1.807, 2.05) is 27.2 Å². The second kappa shape index (κ2) is 28.5. The summed E-state index contributed by atoms with van der Waals surface area (Å²) in [6, 6.07) is -0.875. The van der Waals surface area contributed by atoms with Crippen molar-refractivity contribution in [3.05, 3.63) is 12.2 Å². The standard InChI is InChI=1S/C35H71N2O6P/c1-6-8-10-11-12-13-14-15-16-17-18-19-20-21-22-23-24-25-27-28-34(38)33(36-35(39)29-26-9-7-2)32-43-44(40,41)42-31-30-37(3,4)5/h27-28,33-34,38H,6-26,29-32H2,1-5H3,(H-,36,39,40,41)/b28-27+. The number of aliphatic hydroxyl groups is 1. The maximum Gasteiger partial charge on any atom is 0.268 e. The number of likely N-dealkylation sites (N-methyl/N-ethyl adjacent to an activating group) is 1. The van der Waals surface area contributed by atoms with Crippen LogP contribution in [0.5, 0.6) is 0 Å². The van der Waals surface area contributed by atoms with E-state index in [0.29, 0.717) is 17.4 Å². The molecule has 0 aromatic rings. The normalized spacial score (nSPS) is 15.0. The summed E-state index contributed by atoms with van der Waals surface area (Å²) in [6.07, 6.45) is 29.0. The second-order valence-electron chi connectivity index (χ2n) is 13.6. The number of nitrogens with one attached hydrogen (secondary N) is 1. The lowest BCUT2D eigenvalue weighted by molar-refractivity contribution is -0.870. The molecule has 0 aliphatic carbocycles. The van der Waals surface area contributed by atoms with Crippen LogP contribution in [-0.4, -0.2) is 68.5 Å². The number of carbonyl (C=O) groups is 1. The van der Waals surface area contributed by atoms with Gasteiger partial charge in [-0.25, -0.2) is 0 Å². The number of phosphoric acid groups is 1. The van der Waals surface area contributed by atoms with Crippen LogP contribution in [0, 0.1) is 0 Å². The molecule has 0 radical (unpaired) electrons. The number of hydrogen-bond acceptors (Lipinski definition) is 6. The number of phosphoric ester groups is 1. The Labute approximate surface area is 272 Å². The maximum atomic E-state index is 12.4. The molecule has 9 heteroatoms. The Balaban J connectivity index is 4.20. The second-order valence-corrected chi connectivity index (χ2v) is 15.0. The van der Waals surface area contributed by atoms with Crippen molar-refractivity contribution in [3.63, 3.8) is 0 Å². The summed E-state index contributed by atoms with van der Waals surface area (Å²) in [4.78, 5) is 24.7. The number of carbonyl (C=O) groups excluding carboxylic acids is 1. The number of rotatable bonds is 32. The van der Waals surface area contributed by atoms with E-state index in [1.165, 1.54) is 96.3 Å². The van der Waals surface area contributed by atoms with Gasteiger partial charge in [0.25, 0.3) is 7.82 Å². The van der Waals surface area contributed by atoms with Gasteiger partial charge in [0.15, 0.2) is 0 Å². The highest BCUT2D eigenvalue weighted by atomic mass is 31.2. The van der Waals surface area contributed by atoms with E-state index >= 15 is 0 Å². The van der Waals surface area contributed by atoms with Gasteiger partial charge in [0.1, 0.15) is 13.2 Å². The van der Waals surface area contributed by atoms with Crippen LogP contribution in [0.2, 0.25) is 0 Å². The number of aliphatic hydroxyl groups excluding tert-OH is 1. The summed E-state index contributed by atoms with van der Waals surface area (Å²) in [7, 11) is 1.26. The van der Waals surface area contributed by atoms with Crippen molar-refractivity contribution in [2.24, 2.45) is 0 Å². The first kappa shape index (κ1) is 43.2. The Hall–Kier alpha value is -0.760. The molecule has 0 fully saturated rings. The molecule has 0 heterocycles. The Morgan fingerprint density at radius 3 is 1.70 bits per heavy atom. The van der Waals surface area contributed by atoms with E-state index in [4.69, 9.17) is 9.05 Å². The predicted octanol–water partition coefficient (Wildman–Crippen LogP) is 8.22. The fourth-order valence-electron chi connectivity index (χ4n) is 5.03. The molecule has 0 bridgehead atoms. The highest BCUT2D eigenvalue weighted by Crippen LogP contribution is 2.38. The minimum atomic E-state index is -4.56. The summed E-state index contributed by atoms with van der Waals surface area (Å²) in [5, 5.41) is 13.5.